The van der Waals surface area contributed by atoms with Gasteiger partial charge in [-0.3, -0.25) is 10.1 Å². The molecule has 0 unspecified atom stereocenters. The largest absolute Gasteiger partial charge is 0.308 e. The molecule has 0 fully saturated rings. The maximum absolute atomic E-state index is 10.9. The zero-order chi connectivity index (χ0) is 14.5. The molecule has 0 atom stereocenters. The highest BCUT2D eigenvalue weighted by Crippen LogP contribution is 2.19. The fraction of sp³-hybridized carbons (Fsp3) is 0.200. The van der Waals surface area contributed by atoms with Crippen LogP contribution in [0.1, 0.15) is 16.7 Å². The first-order valence-corrected chi connectivity index (χ1v) is 7.05. The van der Waals surface area contributed by atoms with Gasteiger partial charge >= 0.3 is 0 Å². The number of para-hydroxylation sites is 1. The average molecular weight is 335 g/mol. The minimum atomic E-state index is -0.346. The van der Waals surface area contributed by atoms with Crippen molar-refractivity contribution < 1.29 is 4.92 Å². The van der Waals surface area contributed by atoms with E-state index >= 15 is 0 Å². The van der Waals surface area contributed by atoms with Crippen molar-refractivity contribution in [3.8, 4) is 0 Å². The molecule has 0 radical (unpaired) electrons. The molecule has 0 amide bonds. The van der Waals surface area contributed by atoms with E-state index in [9.17, 15) is 10.1 Å². The van der Waals surface area contributed by atoms with Crippen molar-refractivity contribution in [1.82, 2.24) is 5.32 Å². The number of halogens is 1. The number of hydrogen-bond donors (Lipinski definition) is 1. The Morgan fingerprint density at radius 2 is 1.95 bits per heavy atom. The Kier molecular flexibility index (Phi) is 4.87. The Labute approximate surface area is 126 Å². The lowest BCUT2D eigenvalue weighted by Gasteiger charge is -2.07. The van der Waals surface area contributed by atoms with Crippen LogP contribution in [0.25, 0.3) is 0 Å². The van der Waals surface area contributed by atoms with Crippen molar-refractivity contribution in [2.24, 2.45) is 0 Å². The maximum Gasteiger partial charge on any atom is 0.273 e. The van der Waals surface area contributed by atoms with E-state index in [-0.39, 0.29) is 10.6 Å². The van der Waals surface area contributed by atoms with E-state index in [1.54, 1.807) is 12.1 Å². The Balaban J connectivity index is 1.99. The molecule has 0 saturated heterocycles. The summed E-state index contributed by atoms with van der Waals surface area (Å²) in [5, 5.41) is 14.1. The molecule has 20 heavy (non-hydrogen) atoms. The molecular formula is C15H15BrN2O2. The lowest BCUT2D eigenvalue weighted by atomic mass is 10.1. The highest BCUT2D eigenvalue weighted by atomic mass is 79.9. The fourth-order valence-electron chi connectivity index (χ4n) is 2.00. The van der Waals surface area contributed by atoms with E-state index in [1.165, 1.54) is 11.6 Å². The van der Waals surface area contributed by atoms with Crippen LogP contribution in [0.3, 0.4) is 0 Å². The number of nitrogens with zero attached hydrogens (tertiary/aromatic N) is 1. The maximum atomic E-state index is 10.9. The zero-order valence-electron chi connectivity index (χ0n) is 11.1. The molecule has 2 aromatic carbocycles. The fourth-order valence-corrected chi connectivity index (χ4v) is 2.24. The lowest BCUT2D eigenvalue weighted by molar-refractivity contribution is -0.385. The molecule has 104 valence electrons. The van der Waals surface area contributed by atoms with Crippen LogP contribution in [-0.2, 0) is 13.1 Å². The van der Waals surface area contributed by atoms with Gasteiger partial charge in [-0.05, 0) is 24.1 Å². The third kappa shape index (κ3) is 3.65. The molecule has 2 rings (SSSR count). The summed E-state index contributed by atoms with van der Waals surface area (Å²) in [6.07, 6.45) is 0. The predicted molar refractivity (Wildman–Crippen MR) is 82.5 cm³/mol. The van der Waals surface area contributed by atoms with Gasteiger partial charge in [0.25, 0.3) is 5.69 Å². The quantitative estimate of drug-likeness (QED) is 0.665. The summed E-state index contributed by atoms with van der Waals surface area (Å²) >= 11 is 3.46. The van der Waals surface area contributed by atoms with E-state index in [0.29, 0.717) is 18.7 Å². The second-order valence-corrected chi connectivity index (χ2v) is 5.43. The molecule has 0 heterocycles. The summed E-state index contributed by atoms with van der Waals surface area (Å²) in [5.74, 6) is 0. The van der Waals surface area contributed by atoms with Crippen molar-refractivity contribution in [2.75, 3.05) is 0 Å². The van der Waals surface area contributed by atoms with E-state index in [4.69, 9.17) is 0 Å². The van der Waals surface area contributed by atoms with Gasteiger partial charge in [0.05, 0.1) is 4.92 Å². The summed E-state index contributed by atoms with van der Waals surface area (Å²) in [5.41, 5.74) is 3.19. The summed E-state index contributed by atoms with van der Waals surface area (Å²) in [4.78, 5) is 10.6. The van der Waals surface area contributed by atoms with Crippen LogP contribution >= 0.6 is 15.9 Å². The minimum absolute atomic E-state index is 0.159. The van der Waals surface area contributed by atoms with Gasteiger partial charge in [-0.25, -0.2) is 0 Å². The van der Waals surface area contributed by atoms with Crippen LogP contribution in [0.5, 0.6) is 0 Å². The van der Waals surface area contributed by atoms with Crippen molar-refractivity contribution >= 4 is 21.6 Å². The average Bonchev–Trinajstić information content (AvgIpc) is 2.43. The first-order chi connectivity index (χ1) is 9.58. The van der Waals surface area contributed by atoms with E-state index in [0.717, 1.165) is 10.0 Å². The minimum Gasteiger partial charge on any atom is -0.308 e. The Hall–Kier alpha value is -1.72. The van der Waals surface area contributed by atoms with E-state index in [2.05, 4.69) is 27.3 Å². The molecule has 0 aliphatic carbocycles. The predicted octanol–water partition coefficient (Wildman–Crippen LogP) is 3.96. The molecule has 0 bridgehead atoms. The van der Waals surface area contributed by atoms with Gasteiger partial charge < -0.3 is 5.32 Å². The molecular weight excluding hydrogens is 320 g/mol. The number of aryl methyl sites for hydroxylation is 1. The van der Waals surface area contributed by atoms with Gasteiger partial charge in [0.15, 0.2) is 0 Å². The molecule has 5 heteroatoms. The summed E-state index contributed by atoms with van der Waals surface area (Å²) in [6.45, 7) is 3.20. The molecule has 0 spiro atoms. The number of nitro benzene ring substituents is 1. The van der Waals surface area contributed by atoms with Crippen LogP contribution in [0.15, 0.2) is 46.9 Å². The Bertz CT molecular complexity index is 629. The summed E-state index contributed by atoms with van der Waals surface area (Å²) in [6, 6.07) is 12.9. The van der Waals surface area contributed by atoms with Gasteiger partial charge in [-0.1, -0.05) is 46.3 Å². The second-order valence-electron chi connectivity index (χ2n) is 4.57. The zero-order valence-corrected chi connectivity index (χ0v) is 12.7. The van der Waals surface area contributed by atoms with Crippen molar-refractivity contribution in [2.45, 2.75) is 20.0 Å². The van der Waals surface area contributed by atoms with Gasteiger partial charge in [-0.2, -0.15) is 0 Å². The third-order valence-electron chi connectivity index (χ3n) is 3.06. The lowest BCUT2D eigenvalue weighted by Crippen LogP contribution is -2.13. The molecule has 0 aromatic heterocycles. The number of nitro groups is 1. The van der Waals surface area contributed by atoms with Crippen LogP contribution in [-0.4, -0.2) is 4.92 Å². The van der Waals surface area contributed by atoms with E-state index < -0.39 is 0 Å². The molecule has 1 N–H and O–H groups in total. The van der Waals surface area contributed by atoms with Crippen LogP contribution in [0.4, 0.5) is 5.69 Å². The van der Waals surface area contributed by atoms with Crippen LogP contribution < -0.4 is 5.32 Å². The SMILES string of the molecule is Cc1cc(CNCc2ccccc2[N+](=O)[O-])ccc1Br. The molecule has 0 aliphatic rings. The van der Waals surface area contributed by atoms with Crippen LogP contribution in [0, 0.1) is 17.0 Å². The normalized spacial score (nSPS) is 10.5. The molecule has 4 nitrogen and oxygen atoms in total. The monoisotopic (exact) mass is 334 g/mol. The molecule has 2 aromatic rings. The number of nitrogens with one attached hydrogen (secondary N) is 1. The number of rotatable bonds is 5. The van der Waals surface area contributed by atoms with Gasteiger partial charge in [0, 0.05) is 29.2 Å². The topological polar surface area (TPSA) is 55.2 Å². The second kappa shape index (κ2) is 6.63. The third-order valence-corrected chi connectivity index (χ3v) is 3.94. The summed E-state index contributed by atoms with van der Waals surface area (Å²) in [7, 11) is 0. The van der Waals surface area contributed by atoms with Crippen molar-refractivity contribution in [3.63, 3.8) is 0 Å². The van der Waals surface area contributed by atoms with Gasteiger partial charge in [-0.15, -0.1) is 0 Å². The summed E-state index contributed by atoms with van der Waals surface area (Å²) < 4.78 is 1.08. The molecule has 0 saturated carbocycles. The standard InChI is InChI=1S/C15H15BrN2O2/c1-11-8-12(6-7-14(11)16)9-17-10-13-4-2-3-5-15(13)18(19)20/h2-8,17H,9-10H2,1H3. The van der Waals surface area contributed by atoms with E-state index in [1.807, 2.05) is 25.1 Å². The van der Waals surface area contributed by atoms with Crippen molar-refractivity contribution in [3.05, 3.63) is 73.7 Å². The smallest absolute Gasteiger partial charge is 0.273 e. The Morgan fingerprint density at radius 3 is 2.65 bits per heavy atom. The first-order valence-electron chi connectivity index (χ1n) is 6.26. The first kappa shape index (κ1) is 14.7. The Morgan fingerprint density at radius 1 is 1.20 bits per heavy atom. The van der Waals surface area contributed by atoms with Crippen LogP contribution in [0.2, 0.25) is 0 Å². The van der Waals surface area contributed by atoms with Gasteiger partial charge in [0.1, 0.15) is 0 Å². The van der Waals surface area contributed by atoms with Crippen molar-refractivity contribution in [1.29, 1.82) is 0 Å². The number of hydrogen-bond acceptors (Lipinski definition) is 3. The van der Waals surface area contributed by atoms with Gasteiger partial charge in [0.2, 0.25) is 0 Å². The molecule has 0 aliphatic heterocycles. The highest BCUT2D eigenvalue weighted by Gasteiger charge is 2.11. The highest BCUT2D eigenvalue weighted by molar-refractivity contribution is 9.10. The number of benzene rings is 2.